The van der Waals surface area contributed by atoms with Crippen molar-refractivity contribution in [3.63, 3.8) is 0 Å². The maximum Gasteiger partial charge on any atom is 0.257 e. The number of benzene rings is 2. The van der Waals surface area contributed by atoms with Crippen LogP contribution in [-0.4, -0.2) is 30.5 Å². The monoisotopic (exact) mass is 364 g/mol. The van der Waals surface area contributed by atoms with Gasteiger partial charge >= 0.3 is 0 Å². The van der Waals surface area contributed by atoms with Gasteiger partial charge in [-0.2, -0.15) is 5.26 Å². The molecule has 4 nitrogen and oxygen atoms in total. The van der Waals surface area contributed by atoms with E-state index in [1.807, 2.05) is 36.4 Å². The number of rotatable bonds is 11. The summed E-state index contributed by atoms with van der Waals surface area (Å²) < 4.78 is 5.87. The summed E-state index contributed by atoms with van der Waals surface area (Å²) in [4.78, 5) is 14.9. The molecule has 0 heterocycles. The Kier molecular flexibility index (Phi) is 8.92. The van der Waals surface area contributed by atoms with Crippen molar-refractivity contribution >= 4 is 5.91 Å². The summed E-state index contributed by atoms with van der Waals surface area (Å²) in [5.74, 6) is 0.549. The molecule has 2 aromatic carbocycles. The molecular formula is C23H28N2O2. The Labute approximate surface area is 162 Å². The van der Waals surface area contributed by atoms with Crippen molar-refractivity contribution in [2.45, 2.75) is 39.0 Å². The number of hydrogen-bond acceptors (Lipinski definition) is 3. The van der Waals surface area contributed by atoms with E-state index >= 15 is 0 Å². The molecule has 0 unspecified atom stereocenters. The molecule has 2 aromatic rings. The fraction of sp³-hybridized carbons (Fsp3) is 0.391. The van der Waals surface area contributed by atoms with E-state index in [0.717, 1.165) is 25.7 Å². The summed E-state index contributed by atoms with van der Waals surface area (Å²) in [6.07, 6.45) is 4.30. The number of hydrogen-bond donors (Lipinski definition) is 0. The largest absolute Gasteiger partial charge is 0.493 e. The summed E-state index contributed by atoms with van der Waals surface area (Å²) in [6, 6.07) is 19.6. The van der Waals surface area contributed by atoms with Crippen molar-refractivity contribution in [3.8, 4) is 11.8 Å². The number of carbonyl (C=O) groups is 1. The number of ether oxygens (including phenoxy) is 1. The van der Waals surface area contributed by atoms with Crippen LogP contribution in [0, 0.1) is 11.3 Å². The fourth-order valence-corrected chi connectivity index (χ4v) is 2.88. The lowest BCUT2D eigenvalue weighted by Crippen LogP contribution is -2.34. The van der Waals surface area contributed by atoms with Crippen LogP contribution >= 0.6 is 0 Å². The number of amides is 1. The van der Waals surface area contributed by atoms with E-state index in [4.69, 9.17) is 10.00 Å². The Morgan fingerprint density at radius 3 is 2.52 bits per heavy atom. The van der Waals surface area contributed by atoms with E-state index in [2.05, 4.69) is 25.1 Å². The highest BCUT2D eigenvalue weighted by molar-refractivity contribution is 5.97. The third-order valence-corrected chi connectivity index (χ3v) is 4.42. The van der Waals surface area contributed by atoms with E-state index in [1.165, 1.54) is 5.56 Å². The van der Waals surface area contributed by atoms with Gasteiger partial charge in [-0.1, -0.05) is 62.2 Å². The van der Waals surface area contributed by atoms with Gasteiger partial charge in [-0.15, -0.1) is 0 Å². The predicted molar refractivity (Wildman–Crippen MR) is 108 cm³/mol. The van der Waals surface area contributed by atoms with Crippen LogP contribution in [0.2, 0.25) is 0 Å². The van der Waals surface area contributed by atoms with Crippen LogP contribution < -0.4 is 4.74 Å². The van der Waals surface area contributed by atoms with Gasteiger partial charge < -0.3 is 9.64 Å². The smallest absolute Gasteiger partial charge is 0.257 e. The second-order valence-electron chi connectivity index (χ2n) is 6.49. The molecular weight excluding hydrogens is 336 g/mol. The number of unbranched alkanes of at least 4 members (excludes halogenated alkanes) is 2. The van der Waals surface area contributed by atoms with E-state index in [9.17, 15) is 4.79 Å². The third kappa shape index (κ3) is 6.79. The zero-order chi connectivity index (χ0) is 19.3. The highest BCUT2D eigenvalue weighted by Gasteiger charge is 2.19. The maximum atomic E-state index is 13.1. The van der Waals surface area contributed by atoms with Crippen molar-refractivity contribution in [1.29, 1.82) is 5.26 Å². The molecule has 0 N–H and O–H groups in total. The van der Waals surface area contributed by atoms with Crippen molar-refractivity contribution in [2.24, 2.45) is 0 Å². The molecule has 0 aliphatic carbocycles. The second kappa shape index (κ2) is 11.7. The fourth-order valence-electron chi connectivity index (χ4n) is 2.88. The first-order valence-electron chi connectivity index (χ1n) is 9.68. The summed E-state index contributed by atoms with van der Waals surface area (Å²) >= 11 is 0. The molecule has 0 fully saturated rings. The van der Waals surface area contributed by atoms with Gasteiger partial charge in [-0.25, -0.2) is 0 Å². The lowest BCUT2D eigenvalue weighted by molar-refractivity contribution is 0.0756. The minimum absolute atomic E-state index is 0.0766. The molecule has 0 radical (unpaired) electrons. The van der Waals surface area contributed by atoms with Crippen molar-refractivity contribution < 1.29 is 9.53 Å². The predicted octanol–water partition coefficient (Wildman–Crippen LogP) is 4.85. The van der Waals surface area contributed by atoms with Gasteiger partial charge in [0.05, 0.1) is 24.7 Å². The molecule has 0 aliphatic heterocycles. The van der Waals surface area contributed by atoms with Gasteiger partial charge in [-0.05, 0) is 30.5 Å². The van der Waals surface area contributed by atoms with E-state index in [1.54, 1.807) is 11.0 Å². The minimum Gasteiger partial charge on any atom is -0.493 e. The molecule has 142 valence electrons. The molecule has 0 spiro atoms. The van der Waals surface area contributed by atoms with E-state index < -0.39 is 0 Å². The van der Waals surface area contributed by atoms with Gasteiger partial charge in [0.1, 0.15) is 5.75 Å². The van der Waals surface area contributed by atoms with Crippen LogP contribution in [0.15, 0.2) is 54.6 Å². The summed E-state index contributed by atoms with van der Waals surface area (Å²) in [6.45, 7) is 3.76. The quantitative estimate of drug-likeness (QED) is 0.535. The highest BCUT2D eigenvalue weighted by Crippen LogP contribution is 2.21. The summed E-state index contributed by atoms with van der Waals surface area (Å²) in [7, 11) is 0. The van der Waals surface area contributed by atoms with Crippen molar-refractivity contribution in [2.75, 3.05) is 19.7 Å². The van der Waals surface area contributed by atoms with Crippen LogP contribution in [0.25, 0.3) is 0 Å². The van der Waals surface area contributed by atoms with Gasteiger partial charge in [0.15, 0.2) is 0 Å². The SMILES string of the molecule is CCCCCOc1ccccc1C(=O)N(CCC#N)CCc1ccccc1. The Morgan fingerprint density at radius 1 is 1.04 bits per heavy atom. The first-order chi connectivity index (χ1) is 13.3. The molecule has 0 bridgehead atoms. The average Bonchev–Trinajstić information content (AvgIpc) is 2.72. The highest BCUT2D eigenvalue weighted by atomic mass is 16.5. The van der Waals surface area contributed by atoms with E-state index in [0.29, 0.717) is 37.4 Å². The third-order valence-electron chi connectivity index (χ3n) is 4.42. The van der Waals surface area contributed by atoms with Crippen LogP contribution in [0.4, 0.5) is 0 Å². The maximum absolute atomic E-state index is 13.1. The Hall–Kier alpha value is -2.80. The van der Waals surface area contributed by atoms with Crippen LogP contribution in [0.5, 0.6) is 5.75 Å². The lowest BCUT2D eigenvalue weighted by atomic mass is 10.1. The van der Waals surface area contributed by atoms with Gasteiger partial charge in [0.2, 0.25) is 0 Å². The Bertz CT molecular complexity index is 738. The molecule has 0 aromatic heterocycles. The molecule has 0 saturated heterocycles. The van der Waals surface area contributed by atoms with Crippen molar-refractivity contribution in [1.82, 2.24) is 4.90 Å². The van der Waals surface area contributed by atoms with Crippen LogP contribution in [-0.2, 0) is 6.42 Å². The summed E-state index contributed by atoms with van der Waals surface area (Å²) in [5, 5.41) is 8.96. The van der Waals surface area contributed by atoms with Crippen molar-refractivity contribution in [3.05, 3.63) is 65.7 Å². The normalized spacial score (nSPS) is 10.2. The second-order valence-corrected chi connectivity index (χ2v) is 6.49. The molecule has 0 atom stereocenters. The number of nitriles is 1. The Morgan fingerprint density at radius 2 is 1.78 bits per heavy atom. The number of para-hydroxylation sites is 1. The molecule has 1 amide bonds. The number of nitrogens with zero attached hydrogens (tertiary/aromatic N) is 2. The first-order valence-corrected chi connectivity index (χ1v) is 9.68. The molecule has 4 heteroatoms. The van der Waals surface area contributed by atoms with Crippen LogP contribution in [0.1, 0.15) is 48.5 Å². The molecule has 0 aliphatic rings. The topological polar surface area (TPSA) is 53.3 Å². The first kappa shape index (κ1) is 20.5. The Balaban J connectivity index is 2.08. The number of carbonyl (C=O) groups excluding carboxylic acids is 1. The minimum atomic E-state index is -0.0766. The average molecular weight is 364 g/mol. The zero-order valence-electron chi connectivity index (χ0n) is 16.1. The van der Waals surface area contributed by atoms with Crippen LogP contribution in [0.3, 0.4) is 0 Å². The van der Waals surface area contributed by atoms with E-state index in [-0.39, 0.29) is 5.91 Å². The zero-order valence-corrected chi connectivity index (χ0v) is 16.1. The van der Waals surface area contributed by atoms with Gasteiger partial charge in [0.25, 0.3) is 5.91 Å². The van der Waals surface area contributed by atoms with Gasteiger partial charge in [-0.3, -0.25) is 4.79 Å². The van der Waals surface area contributed by atoms with Gasteiger partial charge in [0, 0.05) is 13.1 Å². The molecule has 2 rings (SSSR count). The standard InChI is InChI=1S/C23H28N2O2/c1-2-3-9-19-27-22-14-8-7-13-21(22)23(26)25(17-10-16-24)18-15-20-11-5-4-6-12-20/h4-8,11-14H,2-3,9-10,15,17-19H2,1H3. The lowest BCUT2D eigenvalue weighted by Gasteiger charge is -2.23. The summed E-state index contributed by atoms with van der Waals surface area (Å²) in [5.41, 5.74) is 1.75. The molecule has 27 heavy (non-hydrogen) atoms. The molecule has 0 saturated carbocycles.